The van der Waals surface area contributed by atoms with Crippen molar-refractivity contribution in [2.75, 3.05) is 0 Å². The standard InChI is InChI=1S/C21H44OSi/c1-5-8-9-10-11-12-13-14-15-16-18-19(4)20(17-6-2)21(7-3)22-23/h16,18-21H,5-15,17H2,1-4,23H3. The summed E-state index contributed by atoms with van der Waals surface area (Å²) in [6.07, 6.45) is 21.6. The van der Waals surface area contributed by atoms with Gasteiger partial charge < -0.3 is 4.43 Å². The predicted molar refractivity (Wildman–Crippen MR) is 109 cm³/mol. The van der Waals surface area contributed by atoms with Crippen molar-refractivity contribution in [1.82, 2.24) is 0 Å². The third-order valence-corrected chi connectivity index (χ3v) is 5.75. The van der Waals surface area contributed by atoms with Crippen molar-refractivity contribution in [3.05, 3.63) is 12.2 Å². The fourth-order valence-corrected chi connectivity index (χ4v) is 4.30. The van der Waals surface area contributed by atoms with Crippen molar-refractivity contribution in [3.8, 4) is 0 Å². The zero-order chi connectivity index (χ0) is 17.3. The summed E-state index contributed by atoms with van der Waals surface area (Å²) in [7, 11) is 0.865. The van der Waals surface area contributed by atoms with Crippen LogP contribution < -0.4 is 0 Å². The van der Waals surface area contributed by atoms with Gasteiger partial charge >= 0.3 is 0 Å². The Bertz CT molecular complexity index is 261. The lowest BCUT2D eigenvalue weighted by molar-refractivity contribution is 0.112. The van der Waals surface area contributed by atoms with Gasteiger partial charge in [0.05, 0.1) is 0 Å². The Morgan fingerprint density at radius 3 is 2.00 bits per heavy atom. The molecule has 0 aromatic carbocycles. The fourth-order valence-electron chi connectivity index (χ4n) is 3.61. The summed E-state index contributed by atoms with van der Waals surface area (Å²) in [5, 5.41) is 0. The molecule has 0 N–H and O–H groups in total. The van der Waals surface area contributed by atoms with E-state index in [1.165, 1.54) is 70.6 Å². The zero-order valence-electron chi connectivity index (χ0n) is 16.8. The van der Waals surface area contributed by atoms with Crippen LogP contribution in [-0.2, 0) is 4.43 Å². The van der Waals surface area contributed by atoms with Crippen LogP contribution in [0.3, 0.4) is 0 Å². The zero-order valence-corrected chi connectivity index (χ0v) is 18.8. The molecule has 23 heavy (non-hydrogen) atoms. The molecular weight excluding hydrogens is 296 g/mol. The first-order chi connectivity index (χ1) is 11.2. The molecule has 0 amide bonds. The van der Waals surface area contributed by atoms with Crippen LogP contribution >= 0.6 is 0 Å². The number of rotatable bonds is 16. The Morgan fingerprint density at radius 1 is 0.870 bits per heavy atom. The molecule has 0 saturated carbocycles. The van der Waals surface area contributed by atoms with Gasteiger partial charge in [-0.1, -0.05) is 91.2 Å². The van der Waals surface area contributed by atoms with Gasteiger partial charge in [0.1, 0.15) is 10.5 Å². The van der Waals surface area contributed by atoms with E-state index in [1.807, 2.05) is 0 Å². The first-order valence-corrected chi connectivity index (χ1v) is 11.2. The molecule has 0 fully saturated rings. The Kier molecular flexibility index (Phi) is 16.7. The summed E-state index contributed by atoms with van der Waals surface area (Å²) in [5.74, 6) is 1.36. The summed E-state index contributed by atoms with van der Waals surface area (Å²) in [5.41, 5.74) is 0. The minimum Gasteiger partial charge on any atom is -0.425 e. The summed E-state index contributed by atoms with van der Waals surface area (Å²) < 4.78 is 5.84. The van der Waals surface area contributed by atoms with Gasteiger partial charge in [0.15, 0.2) is 0 Å². The highest BCUT2D eigenvalue weighted by Crippen LogP contribution is 2.26. The summed E-state index contributed by atoms with van der Waals surface area (Å²) in [6, 6.07) is 0. The molecule has 0 aromatic rings. The maximum Gasteiger partial charge on any atom is 0.146 e. The molecule has 0 saturated heterocycles. The molecule has 0 heterocycles. The Balaban J connectivity index is 3.85. The SMILES string of the molecule is CCCCCCCCCCC=CC(C)C(CCC)C(CC)O[SiH3]. The molecule has 0 aliphatic carbocycles. The lowest BCUT2D eigenvalue weighted by Gasteiger charge is -2.29. The number of unbranched alkanes of at least 4 members (excludes halogenated alkanes) is 8. The van der Waals surface area contributed by atoms with Crippen molar-refractivity contribution >= 4 is 10.5 Å². The van der Waals surface area contributed by atoms with E-state index in [0.29, 0.717) is 17.9 Å². The van der Waals surface area contributed by atoms with Crippen LogP contribution in [0.1, 0.15) is 105 Å². The van der Waals surface area contributed by atoms with Gasteiger partial charge in [0.25, 0.3) is 0 Å². The largest absolute Gasteiger partial charge is 0.425 e. The van der Waals surface area contributed by atoms with Gasteiger partial charge in [-0.2, -0.15) is 0 Å². The minimum atomic E-state index is 0.476. The fraction of sp³-hybridized carbons (Fsp3) is 0.905. The van der Waals surface area contributed by atoms with Crippen LogP contribution in [0, 0.1) is 11.8 Å². The third kappa shape index (κ3) is 12.0. The smallest absolute Gasteiger partial charge is 0.146 e. The van der Waals surface area contributed by atoms with E-state index in [0.717, 1.165) is 16.9 Å². The quantitative estimate of drug-likeness (QED) is 0.185. The van der Waals surface area contributed by atoms with E-state index in [9.17, 15) is 0 Å². The van der Waals surface area contributed by atoms with Crippen molar-refractivity contribution < 1.29 is 4.43 Å². The number of hydrogen-bond donors (Lipinski definition) is 0. The molecule has 1 nitrogen and oxygen atoms in total. The van der Waals surface area contributed by atoms with Crippen LogP contribution in [0.4, 0.5) is 0 Å². The minimum absolute atomic E-state index is 0.476. The highest BCUT2D eigenvalue weighted by Gasteiger charge is 2.22. The second kappa shape index (κ2) is 16.8. The molecule has 0 rings (SSSR count). The number of allylic oxidation sites excluding steroid dienone is 2. The van der Waals surface area contributed by atoms with Crippen LogP contribution in [0.15, 0.2) is 12.2 Å². The van der Waals surface area contributed by atoms with Crippen LogP contribution in [0.5, 0.6) is 0 Å². The van der Waals surface area contributed by atoms with Gasteiger partial charge in [-0.15, -0.1) is 0 Å². The van der Waals surface area contributed by atoms with Crippen LogP contribution in [0.25, 0.3) is 0 Å². The van der Waals surface area contributed by atoms with E-state index in [-0.39, 0.29) is 0 Å². The highest BCUT2D eigenvalue weighted by atomic mass is 28.2. The first kappa shape index (κ1) is 22.9. The third-order valence-electron chi connectivity index (χ3n) is 5.14. The predicted octanol–water partition coefficient (Wildman–Crippen LogP) is 6.20. The van der Waals surface area contributed by atoms with E-state index >= 15 is 0 Å². The summed E-state index contributed by atoms with van der Waals surface area (Å²) >= 11 is 0. The van der Waals surface area contributed by atoms with E-state index in [4.69, 9.17) is 4.43 Å². The molecular formula is C21H44OSi. The highest BCUT2D eigenvalue weighted by molar-refractivity contribution is 5.98. The lowest BCUT2D eigenvalue weighted by atomic mass is 9.84. The molecule has 0 bridgehead atoms. The normalized spacial score (nSPS) is 16.0. The monoisotopic (exact) mass is 340 g/mol. The molecule has 2 heteroatoms. The Morgan fingerprint density at radius 2 is 1.48 bits per heavy atom. The van der Waals surface area contributed by atoms with E-state index < -0.39 is 0 Å². The van der Waals surface area contributed by atoms with Gasteiger partial charge in [-0.05, 0) is 37.5 Å². The molecule has 3 unspecified atom stereocenters. The maximum atomic E-state index is 5.84. The molecule has 3 atom stereocenters. The average Bonchev–Trinajstić information content (AvgIpc) is 2.56. The molecule has 138 valence electrons. The lowest BCUT2D eigenvalue weighted by Crippen LogP contribution is -2.27. The van der Waals surface area contributed by atoms with E-state index in [1.54, 1.807) is 0 Å². The van der Waals surface area contributed by atoms with Gasteiger partial charge in [-0.25, -0.2) is 0 Å². The molecule has 0 aliphatic rings. The number of hydrogen-bond acceptors (Lipinski definition) is 1. The van der Waals surface area contributed by atoms with Crippen LogP contribution in [-0.4, -0.2) is 16.6 Å². The average molecular weight is 341 g/mol. The Hall–Kier alpha value is -0.0831. The maximum absolute atomic E-state index is 5.84. The summed E-state index contributed by atoms with van der Waals surface area (Å²) in [4.78, 5) is 0. The first-order valence-electron chi connectivity index (χ1n) is 10.4. The topological polar surface area (TPSA) is 9.23 Å². The summed E-state index contributed by atoms with van der Waals surface area (Å²) in [6.45, 7) is 9.23. The molecule has 0 aromatic heterocycles. The van der Waals surface area contributed by atoms with Crippen molar-refractivity contribution in [3.63, 3.8) is 0 Å². The van der Waals surface area contributed by atoms with Crippen molar-refractivity contribution in [2.45, 2.75) is 111 Å². The van der Waals surface area contributed by atoms with Gasteiger partial charge in [0.2, 0.25) is 0 Å². The Labute approximate surface area is 150 Å². The molecule has 0 radical (unpaired) electrons. The van der Waals surface area contributed by atoms with Gasteiger partial charge in [0, 0.05) is 6.10 Å². The second-order valence-corrected chi connectivity index (χ2v) is 7.66. The molecule has 0 spiro atoms. The second-order valence-electron chi connectivity index (χ2n) is 7.19. The molecule has 0 aliphatic heterocycles. The van der Waals surface area contributed by atoms with Crippen molar-refractivity contribution in [2.24, 2.45) is 11.8 Å². The van der Waals surface area contributed by atoms with Crippen molar-refractivity contribution in [1.29, 1.82) is 0 Å². The van der Waals surface area contributed by atoms with Crippen LogP contribution in [0.2, 0.25) is 0 Å². The van der Waals surface area contributed by atoms with Gasteiger partial charge in [-0.3, -0.25) is 0 Å². The van der Waals surface area contributed by atoms with E-state index in [2.05, 4.69) is 39.8 Å².